The van der Waals surface area contributed by atoms with Crippen LogP contribution in [-0.4, -0.2) is 18.8 Å². The summed E-state index contributed by atoms with van der Waals surface area (Å²) in [4.78, 5) is 24.2. The van der Waals surface area contributed by atoms with Crippen molar-refractivity contribution in [3.05, 3.63) is 12.2 Å². The number of carbonyl (C=O) groups excluding carboxylic acids is 2. The van der Waals surface area contributed by atoms with Crippen LogP contribution in [0.4, 0.5) is 0 Å². The van der Waals surface area contributed by atoms with Crippen LogP contribution in [0.2, 0.25) is 0 Å². The molecule has 1 saturated carbocycles. The van der Waals surface area contributed by atoms with Gasteiger partial charge in [0, 0.05) is 0 Å². The van der Waals surface area contributed by atoms with Gasteiger partial charge in [-0.3, -0.25) is 0 Å². The number of isocyanates is 2. The first-order valence-corrected chi connectivity index (χ1v) is 4.62. The summed E-state index contributed by atoms with van der Waals surface area (Å²) in [6, 6.07) is 0. The zero-order chi connectivity index (χ0) is 10.2. The van der Waals surface area contributed by atoms with Gasteiger partial charge >= 0.3 is 0 Å². The number of hydrogen-bond acceptors (Lipinski definition) is 4. The molecule has 0 N–H and O–H groups in total. The van der Waals surface area contributed by atoms with E-state index in [1.165, 1.54) is 31.4 Å². The number of allylic oxidation sites excluding steroid dienone is 2. The molecule has 2 aliphatic carbocycles. The third-order valence-electron chi connectivity index (χ3n) is 2.44. The normalized spacial score (nSPS) is 25.7. The first kappa shape index (κ1) is 10.6. The van der Waals surface area contributed by atoms with Crippen molar-refractivity contribution in [2.75, 3.05) is 6.67 Å². The Morgan fingerprint density at radius 1 is 1.07 bits per heavy atom. The summed E-state index contributed by atoms with van der Waals surface area (Å²) in [6.45, 7) is -0.160. The Morgan fingerprint density at radius 3 is 1.79 bits per heavy atom. The van der Waals surface area contributed by atoms with Gasteiger partial charge in [-0.2, -0.15) is 9.98 Å². The molecule has 0 aromatic heterocycles. The molecular weight excluding hydrogens is 180 g/mol. The molecule has 2 aliphatic rings. The molecular formula is C10H12N2O2. The van der Waals surface area contributed by atoms with Crippen molar-refractivity contribution in [2.45, 2.75) is 19.3 Å². The SMILES string of the molecule is C1=CC2CCC1C2.O=C=NCN=C=O. The first-order chi connectivity index (χ1) is 6.86. The molecule has 0 heterocycles. The lowest BCUT2D eigenvalue weighted by molar-refractivity contribution is 0.560. The number of aliphatic imine (C=N–C) groups is 2. The lowest BCUT2D eigenvalue weighted by Crippen LogP contribution is -1.82. The molecule has 2 atom stereocenters. The molecule has 0 aliphatic heterocycles. The maximum Gasteiger partial charge on any atom is 0.236 e. The van der Waals surface area contributed by atoms with Crippen LogP contribution >= 0.6 is 0 Å². The van der Waals surface area contributed by atoms with Crippen LogP contribution in [0, 0.1) is 11.8 Å². The van der Waals surface area contributed by atoms with Crippen LogP contribution in [0.25, 0.3) is 0 Å². The molecule has 14 heavy (non-hydrogen) atoms. The third-order valence-corrected chi connectivity index (χ3v) is 2.44. The third kappa shape index (κ3) is 3.48. The number of hydrogen-bond donors (Lipinski definition) is 0. The summed E-state index contributed by atoms with van der Waals surface area (Å²) in [7, 11) is 0. The van der Waals surface area contributed by atoms with Crippen LogP contribution in [0.1, 0.15) is 19.3 Å². The summed E-state index contributed by atoms with van der Waals surface area (Å²) < 4.78 is 0. The van der Waals surface area contributed by atoms with Gasteiger partial charge in [0.15, 0.2) is 6.67 Å². The number of rotatable bonds is 2. The van der Waals surface area contributed by atoms with Crippen molar-refractivity contribution >= 4 is 12.2 Å². The fourth-order valence-corrected chi connectivity index (χ4v) is 1.81. The van der Waals surface area contributed by atoms with Crippen molar-refractivity contribution in [1.82, 2.24) is 0 Å². The van der Waals surface area contributed by atoms with E-state index in [9.17, 15) is 9.59 Å². The molecule has 2 unspecified atom stereocenters. The quantitative estimate of drug-likeness (QED) is 0.379. The second-order valence-corrected chi connectivity index (χ2v) is 3.36. The fourth-order valence-electron chi connectivity index (χ4n) is 1.81. The smallest absolute Gasteiger partial charge is 0.211 e. The van der Waals surface area contributed by atoms with Crippen LogP contribution in [-0.2, 0) is 9.59 Å². The maximum absolute atomic E-state index is 9.20. The average molecular weight is 192 g/mol. The second-order valence-electron chi connectivity index (χ2n) is 3.36. The van der Waals surface area contributed by atoms with Gasteiger partial charge in [-0.15, -0.1) is 0 Å². The molecule has 0 saturated heterocycles. The van der Waals surface area contributed by atoms with E-state index in [0.29, 0.717) is 0 Å². The van der Waals surface area contributed by atoms with Crippen molar-refractivity contribution in [2.24, 2.45) is 21.8 Å². The summed E-state index contributed by atoms with van der Waals surface area (Å²) in [5, 5.41) is 0. The van der Waals surface area contributed by atoms with Crippen LogP contribution in [0.5, 0.6) is 0 Å². The Hall–Kier alpha value is -1.50. The molecule has 4 heteroatoms. The summed E-state index contributed by atoms with van der Waals surface area (Å²) in [5.74, 6) is 1.98. The van der Waals surface area contributed by atoms with E-state index in [1.807, 2.05) is 0 Å². The van der Waals surface area contributed by atoms with Gasteiger partial charge in [-0.05, 0) is 31.1 Å². The van der Waals surface area contributed by atoms with E-state index in [4.69, 9.17) is 0 Å². The van der Waals surface area contributed by atoms with Gasteiger partial charge in [0.25, 0.3) is 0 Å². The van der Waals surface area contributed by atoms with E-state index >= 15 is 0 Å². The molecule has 0 spiro atoms. The minimum Gasteiger partial charge on any atom is -0.211 e. The Labute approximate surface area is 82.4 Å². The molecule has 0 radical (unpaired) electrons. The lowest BCUT2D eigenvalue weighted by atomic mass is 10.1. The van der Waals surface area contributed by atoms with Gasteiger partial charge in [0.1, 0.15) is 0 Å². The molecule has 1 fully saturated rings. The van der Waals surface area contributed by atoms with Gasteiger partial charge in [-0.1, -0.05) is 12.2 Å². The van der Waals surface area contributed by atoms with E-state index < -0.39 is 0 Å². The van der Waals surface area contributed by atoms with Crippen LogP contribution in [0.3, 0.4) is 0 Å². The predicted octanol–water partition coefficient (Wildman–Crippen LogP) is 1.59. The molecule has 0 aromatic carbocycles. The van der Waals surface area contributed by atoms with Gasteiger partial charge in [-0.25, -0.2) is 9.59 Å². The highest BCUT2D eigenvalue weighted by molar-refractivity contribution is 5.35. The molecule has 0 aromatic rings. The fraction of sp³-hybridized carbons (Fsp3) is 0.600. The Morgan fingerprint density at radius 2 is 1.57 bits per heavy atom. The Bertz CT molecular complexity index is 271. The van der Waals surface area contributed by atoms with E-state index in [1.54, 1.807) is 0 Å². The Balaban J connectivity index is 0.000000140. The highest BCUT2D eigenvalue weighted by Gasteiger charge is 2.25. The summed E-state index contributed by atoms with van der Waals surface area (Å²) in [6.07, 6.45) is 11.6. The van der Waals surface area contributed by atoms with Gasteiger partial charge in [0.05, 0.1) is 0 Å². The molecule has 2 rings (SSSR count). The van der Waals surface area contributed by atoms with Crippen molar-refractivity contribution in [3.8, 4) is 0 Å². The lowest BCUT2D eigenvalue weighted by Gasteiger charge is -1.96. The molecule has 0 amide bonds. The van der Waals surface area contributed by atoms with Crippen LogP contribution < -0.4 is 0 Å². The average Bonchev–Trinajstić information content (AvgIpc) is 2.83. The van der Waals surface area contributed by atoms with Crippen molar-refractivity contribution in [3.63, 3.8) is 0 Å². The number of fused-ring (bicyclic) bond motifs is 2. The van der Waals surface area contributed by atoms with Gasteiger partial charge < -0.3 is 0 Å². The van der Waals surface area contributed by atoms with E-state index in [-0.39, 0.29) is 6.67 Å². The summed E-state index contributed by atoms with van der Waals surface area (Å²) in [5.41, 5.74) is 0. The minimum absolute atomic E-state index is 0.160. The van der Waals surface area contributed by atoms with E-state index in [0.717, 1.165) is 11.8 Å². The topological polar surface area (TPSA) is 58.9 Å². The Kier molecular flexibility index (Phi) is 4.56. The second kappa shape index (κ2) is 6.03. The summed E-state index contributed by atoms with van der Waals surface area (Å²) >= 11 is 0. The number of nitrogens with zero attached hydrogens (tertiary/aromatic N) is 2. The zero-order valence-electron chi connectivity index (χ0n) is 7.85. The zero-order valence-corrected chi connectivity index (χ0v) is 7.85. The standard InChI is InChI=1S/C7H10.C3H2N2O2/c1-2-7-4-3-6(1)5-7;6-2-4-1-5-3-7/h1-2,6-7H,3-5H2;1H2. The monoisotopic (exact) mass is 192 g/mol. The molecule has 4 nitrogen and oxygen atoms in total. The minimum atomic E-state index is -0.160. The van der Waals surface area contributed by atoms with E-state index in [2.05, 4.69) is 22.1 Å². The van der Waals surface area contributed by atoms with Crippen molar-refractivity contribution in [1.29, 1.82) is 0 Å². The first-order valence-electron chi connectivity index (χ1n) is 4.62. The van der Waals surface area contributed by atoms with Crippen LogP contribution in [0.15, 0.2) is 22.1 Å². The van der Waals surface area contributed by atoms with Gasteiger partial charge in [0.2, 0.25) is 12.2 Å². The molecule has 2 bridgehead atoms. The predicted molar refractivity (Wildman–Crippen MR) is 51.1 cm³/mol. The molecule has 74 valence electrons. The largest absolute Gasteiger partial charge is 0.236 e. The maximum atomic E-state index is 9.20. The highest BCUT2D eigenvalue weighted by atomic mass is 16.1. The highest BCUT2D eigenvalue weighted by Crippen LogP contribution is 2.38. The van der Waals surface area contributed by atoms with Crippen molar-refractivity contribution < 1.29 is 9.59 Å².